The second kappa shape index (κ2) is 4.27. The van der Waals surface area contributed by atoms with Crippen LogP contribution in [-0.2, 0) is 19.6 Å². The first kappa shape index (κ1) is 11.5. The number of esters is 1. The Morgan fingerprint density at radius 2 is 2.21 bits per heavy atom. The molecule has 1 rings (SSSR count). The fraction of sp³-hybridized carbons (Fsp3) is 0.875. The van der Waals surface area contributed by atoms with E-state index in [1.54, 1.807) is 6.92 Å². The Morgan fingerprint density at radius 1 is 1.57 bits per heavy atom. The van der Waals surface area contributed by atoms with Gasteiger partial charge in [-0.05, 0) is 13.3 Å². The molecule has 0 amide bonds. The van der Waals surface area contributed by atoms with Gasteiger partial charge in [-0.2, -0.15) is 0 Å². The quantitative estimate of drug-likeness (QED) is 0.621. The van der Waals surface area contributed by atoms with Crippen LogP contribution in [0.1, 0.15) is 13.3 Å². The molecule has 0 aliphatic carbocycles. The first-order valence-electron chi connectivity index (χ1n) is 4.57. The Morgan fingerprint density at radius 3 is 2.64 bits per heavy atom. The number of carbonyl (C=O) groups is 1. The maximum absolute atomic E-state index is 11.3. The number of rotatable bonds is 3. The van der Waals surface area contributed by atoms with Crippen LogP contribution in [0.5, 0.6) is 0 Å². The Hall–Kier alpha value is -0.620. The standard InChI is InChI=1S/C8H15NO4S/c1-3-13-8(10)7-4-5-9(6-7)14(2,11)12/h7H,3-6H2,1-2H3/t7-/m0/s1. The molecule has 1 fully saturated rings. The second-order valence-electron chi connectivity index (χ2n) is 3.36. The van der Waals surface area contributed by atoms with E-state index in [4.69, 9.17) is 4.74 Å². The minimum absolute atomic E-state index is 0.262. The van der Waals surface area contributed by atoms with Crippen LogP contribution in [0.3, 0.4) is 0 Å². The zero-order valence-electron chi connectivity index (χ0n) is 8.39. The van der Waals surface area contributed by atoms with Gasteiger partial charge < -0.3 is 4.74 Å². The lowest BCUT2D eigenvalue weighted by Crippen LogP contribution is -2.29. The summed E-state index contributed by atoms with van der Waals surface area (Å²) in [4.78, 5) is 11.3. The summed E-state index contributed by atoms with van der Waals surface area (Å²) in [5.74, 6) is -0.580. The zero-order valence-corrected chi connectivity index (χ0v) is 9.21. The zero-order chi connectivity index (χ0) is 10.8. The molecule has 1 atom stereocenters. The van der Waals surface area contributed by atoms with Crippen LogP contribution >= 0.6 is 0 Å². The number of hydrogen-bond acceptors (Lipinski definition) is 4. The van der Waals surface area contributed by atoms with Crippen molar-refractivity contribution in [2.24, 2.45) is 5.92 Å². The summed E-state index contributed by atoms with van der Waals surface area (Å²) in [7, 11) is -3.16. The molecule has 1 heterocycles. The molecule has 0 unspecified atom stereocenters. The van der Waals surface area contributed by atoms with Crippen molar-refractivity contribution in [3.63, 3.8) is 0 Å². The summed E-state index contributed by atoms with van der Waals surface area (Å²) in [5.41, 5.74) is 0. The summed E-state index contributed by atoms with van der Waals surface area (Å²) in [6, 6.07) is 0. The maximum atomic E-state index is 11.3. The number of ether oxygens (including phenoxy) is 1. The van der Waals surface area contributed by atoms with Gasteiger partial charge in [0.25, 0.3) is 0 Å². The van der Waals surface area contributed by atoms with E-state index < -0.39 is 10.0 Å². The molecule has 14 heavy (non-hydrogen) atoms. The SMILES string of the molecule is CCOC(=O)[C@H]1CCN(S(C)(=O)=O)C1. The molecule has 1 saturated heterocycles. The lowest BCUT2D eigenvalue weighted by atomic mass is 10.1. The Balaban J connectivity index is 2.54. The molecule has 0 saturated carbocycles. The van der Waals surface area contributed by atoms with Crippen LogP contribution in [0.2, 0.25) is 0 Å². The lowest BCUT2D eigenvalue weighted by Gasteiger charge is -2.12. The normalized spacial score (nSPS) is 23.7. The van der Waals surface area contributed by atoms with E-state index in [2.05, 4.69) is 0 Å². The molecular formula is C8H15NO4S. The van der Waals surface area contributed by atoms with Crippen LogP contribution in [0.4, 0.5) is 0 Å². The predicted octanol–water partition coefficient (Wildman–Crippen LogP) is -0.169. The molecule has 1 aliphatic rings. The predicted molar refractivity (Wildman–Crippen MR) is 51.2 cm³/mol. The number of hydrogen-bond donors (Lipinski definition) is 0. The molecule has 1 aliphatic heterocycles. The van der Waals surface area contributed by atoms with E-state index in [9.17, 15) is 13.2 Å². The third kappa shape index (κ3) is 2.68. The molecule has 0 radical (unpaired) electrons. The van der Waals surface area contributed by atoms with Crippen LogP contribution in [0.25, 0.3) is 0 Å². The molecule has 0 bridgehead atoms. The van der Waals surface area contributed by atoms with Gasteiger partial charge in [0.05, 0.1) is 18.8 Å². The Kier molecular flexibility index (Phi) is 3.49. The molecule has 0 aromatic carbocycles. The molecule has 0 spiro atoms. The van der Waals surface area contributed by atoms with Gasteiger partial charge >= 0.3 is 5.97 Å². The van der Waals surface area contributed by atoms with Crippen LogP contribution in [0, 0.1) is 5.92 Å². The van der Waals surface area contributed by atoms with E-state index in [1.807, 2.05) is 0 Å². The monoisotopic (exact) mass is 221 g/mol. The molecular weight excluding hydrogens is 206 g/mol. The molecule has 0 aromatic rings. The van der Waals surface area contributed by atoms with Gasteiger partial charge in [0.15, 0.2) is 0 Å². The molecule has 0 N–H and O–H groups in total. The van der Waals surface area contributed by atoms with E-state index in [1.165, 1.54) is 4.31 Å². The summed E-state index contributed by atoms with van der Waals surface area (Å²) >= 11 is 0. The van der Waals surface area contributed by atoms with Crippen molar-refractivity contribution in [1.29, 1.82) is 0 Å². The summed E-state index contributed by atoms with van der Waals surface area (Å²) in [6.45, 7) is 2.76. The molecule has 0 aromatic heterocycles. The van der Waals surface area contributed by atoms with Gasteiger partial charge in [-0.1, -0.05) is 0 Å². The van der Waals surface area contributed by atoms with E-state index in [0.717, 1.165) is 6.26 Å². The third-order valence-corrected chi connectivity index (χ3v) is 3.51. The largest absolute Gasteiger partial charge is 0.466 e. The molecule has 5 nitrogen and oxygen atoms in total. The highest BCUT2D eigenvalue weighted by atomic mass is 32.2. The highest BCUT2D eigenvalue weighted by Gasteiger charge is 2.33. The minimum Gasteiger partial charge on any atom is -0.466 e. The summed E-state index contributed by atoms with van der Waals surface area (Å²) in [5, 5.41) is 0. The first-order valence-corrected chi connectivity index (χ1v) is 6.41. The maximum Gasteiger partial charge on any atom is 0.310 e. The van der Waals surface area contributed by atoms with Crippen molar-refractivity contribution in [3.05, 3.63) is 0 Å². The summed E-state index contributed by atoms with van der Waals surface area (Å²) < 4.78 is 28.4. The van der Waals surface area contributed by atoms with Crippen molar-refractivity contribution in [1.82, 2.24) is 4.31 Å². The van der Waals surface area contributed by atoms with E-state index in [0.29, 0.717) is 19.6 Å². The average molecular weight is 221 g/mol. The number of carbonyl (C=O) groups excluding carboxylic acids is 1. The van der Waals surface area contributed by atoms with Gasteiger partial charge in [-0.3, -0.25) is 4.79 Å². The second-order valence-corrected chi connectivity index (χ2v) is 5.34. The van der Waals surface area contributed by atoms with E-state index >= 15 is 0 Å². The minimum atomic E-state index is -3.16. The Labute approximate surface area is 84.1 Å². The van der Waals surface area contributed by atoms with Gasteiger partial charge in [-0.15, -0.1) is 0 Å². The van der Waals surface area contributed by atoms with Crippen molar-refractivity contribution in [2.75, 3.05) is 26.0 Å². The van der Waals surface area contributed by atoms with Crippen molar-refractivity contribution >= 4 is 16.0 Å². The highest BCUT2D eigenvalue weighted by Crippen LogP contribution is 2.19. The Bertz CT molecular complexity index is 311. The first-order chi connectivity index (χ1) is 6.45. The van der Waals surface area contributed by atoms with Crippen molar-refractivity contribution in [2.45, 2.75) is 13.3 Å². The van der Waals surface area contributed by atoms with Crippen molar-refractivity contribution < 1.29 is 17.9 Å². The fourth-order valence-corrected chi connectivity index (χ4v) is 2.37. The van der Waals surface area contributed by atoms with Crippen molar-refractivity contribution in [3.8, 4) is 0 Å². The van der Waals surface area contributed by atoms with Crippen LogP contribution < -0.4 is 0 Å². The highest BCUT2D eigenvalue weighted by molar-refractivity contribution is 7.88. The van der Waals surface area contributed by atoms with Gasteiger partial charge in [0.1, 0.15) is 0 Å². The molecule has 82 valence electrons. The fourth-order valence-electron chi connectivity index (χ4n) is 1.48. The lowest BCUT2D eigenvalue weighted by molar-refractivity contribution is -0.147. The topological polar surface area (TPSA) is 63.7 Å². The van der Waals surface area contributed by atoms with Gasteiger partial charge in [-0.25, -0.2) is 12.7 Å². The van der Waals surface area contributed by atoms with Gasteiger partial charge in [0.2, 0.25) is 10.0 Å². The average Bonchev–Trinajstić information content (AvgIpc) is 2.51. The van der Waals surface area contributed by atoms with E-state index in [-0.39, 0.29) is 18.4 Å². The van der Waals surface area contributed by atoms with Crippen LogP contribution in [-0.4, -0.2) is 44.6 Å². The smallest absolute Gasteiger partial charge is 0.310 e. The number of sulfonamides is 1. The third-order valence-electron chi connectivity index (χ3n) is 2.24. The van der Waals surface area contributed by atoms with Gasteiger partial charge in [0, 0.05) is 13.1 Å². The summed E-state index contributed by atoms with van der Waals surface area (Å²) in [6.07, 6.45) is 1.71. The van der Waals surface area contributed by atoms with Crippen LogP contribution in [0.15, 0.2) is 0 Å². The number of nitrogens with zero attached hydrogens (tertiary/aromatic N) is 1. The molecule has 6 heteroatoms.